The average molecular weight is 402 g/mol. The summed E-state index contributed by atoms with van der Waals surface area (Å²) in [6.07, 6.45) is 1.44. The van der Waals surface area contributed by atoms with E-state index in [1.807, 2.05) is 0 Å². The van der Waals surface area contributed by atoms with Gasteiger partial charge in [0.15, 0.2) is 16.7 Å². The van der Waals surface area contributed by atoms with Crippen LogP contribution in [0.1, 0.15) is 15.9 Å². The minimum Gasteiger partial charge on any atom is -0.493 e. The number of methoxy groups -OCH3 is 2. The van der Waals surface area contributed by atoms with Gasteiger partial charge in [-0.05, 0) is 53.7 Å². The van der Waals surface area contributed by atoms with Crippen molar-refractivity contribution in [1.82, 2.24) is 5.32 Å². The molecule has 2 aromatic carbocycles. The molecular formula is C19H15FN2O5S. The first-order chi connectivity index (χ1) is 13.4. The first-order valence-corrected chi connectivity index (χ1v) is 8.78. The Morgan fingerprint density at radius 1 is 1.18 bits per heavy atom. The van der Waals surface area contributed by atoms with E-state index in [2.05, 4.69) is 10.3 Å². The second kappa shape index (κ2) is 8.13. The van der Waals surface area contributed by atoms with Gasteiger partial charge in [-0.25, -0.2) is 14.2 Å². The number of rotatable bonds is 5. The minimum atomic E-state index is -1.22. The van der Waals surface area contributed by atoms with Gasteiger partial charge in [-0.3, -0.25) is 4.79 Å². The summed E-state index contributed by atoms with van der Waals surface area (Å²) >= 11 is 1.05. The number of aliphatic imine (C=N–C) groups is 1. The quantitative estimate of drug-likeness (QED) is 0.744. The fraction of sp³-hybridized carbons (Fsp3) is 0.105. The highest BCUT2D eigenvalue weighted by atomic mass is 32.2. The number of carbonyl (C=O) groups excluding carboxylic acids is 1. The van der Waals surface area contributed by atoms with Crippen molar-refractivity contribution in [3.8, 4) is 11.5 Å². The van der Waals surface area contributed by atoms with Crippen LogP contribution >= 0.6 is 11.8 Å². The van der Waals surface area contributed by atoms with Crippen LogP contribution in [0.5, 0.6) is 11.5 Å². The van der Waals surface area contributed by atoms with Crippen LogP contribution in [0.15, 0.2) is 46.3 Å². The van der Waals surface area contributed by atoms with Crippen molar-refractivity contribution >= 4 is 40.6 Å². The minimum absolute atomic E-state index is 0.0629. The third kappa shape index (κ3) is 3.99. The number of nitrogens with zero attached hydrogens (tertiary/aromatic N) is 1. The lowest BCUT2D eigenvalue weighted by molar-refractivity contribution is -0.115. The first kappa shape index (κ1) is 19.4. The third-order valence-corrected chi connectivity index (χ3v) is 4.70. The number of hydrogen-bond acceptors (Lipinski definition) is 6. The number of ether oxygens (including phenoxy) is 2. The van der Waals surface area contributed by atoms with Gasteiger partial charge in [-0.15, -0.1) is 0 Å². The average Bonchev–Trinajstić information content (AvgIpc) is 3.01. The van der Waals surface area contributed by atoms with Crippen LogP contribution < -0.4 is 14.8 Å². The van der Waals surface area contributed by atoms with E-state index in [-0.39, 0.29) is 33.3 Å². The van der Waals surface area contributed by atoms with Crippen LogP contribution in [0.2, 0.25) is 0 Å². The molecule has 0 saturated carbocycles. The molecule has 1 aliphatic heterocycles. The number of hydrogen-bond donors (Lipinski definition) is 2. The van der Waals surface area contributed by atoms with Crippen molar-refractivity contribution in [3.63, 3.8) is 0 Å². The van der Waals surface area contributed by atoms with Crippen LogP contribution in [0.25, 0.3) is 6.08 Å². The van der Waals surface area contributed by atoms with Crippen molar-refractivity contribution in [3.05, 3.63) is 58.2 Å². The van der Waals surface area contributed by atoms with Crippen LogP contribution in [-0.4, -0.2) is 36.4 Å². The fourth-order valence-corrected chi connectivity index (χ4v) is 3.37. The Bertz CT molecular complexity index is 1000. The van der Waals surface area contributed by atoms with Crippen LogP contribution in [-0.2, 0) is 4.79 Å². The SMILES string of the molecule is COc1ccc(/C=C2/SC(=Nc3ccc(F)cc3)NC2=O)c(C(=O)O)c1OC. The van der Waals surface area contributed by atoms with Crippen molar-refractivity contribution in [2.45, 2.75) is 0 Å². The summed E-state index contributed by atoms with van der Waals surface area (Å²) in [4.78, 5) is 28.5. The highest BCUT2D eigenvalue weighted by molar-refractivity contribution is 8.18. The number of halogens is 1. The van der Waals surface area contributed by atoms with E-state index in [4.69, 9.17) is 9.47 Å². The molecule has 0 aromatic heterocycles. The predicted octanol–water partition coefficient (Wildman–Crippen LogP) is 3.43. The Morgan fingerprint density at radius 2 is 1.89 bits per heavy atom. The first-order valence-electron chi connectivity index (χ1n) is 7.96. The highest BCUT2D eigenvalue weighted by Gasteiger charge is 2.26. The highest BCUT2D eigenvalue weighted by Crippen LogP contribution is 2.36. The summed E-state index contributed by atoms with van der Waals surface area (Å²) in [5.41, 5.74) is 0.639. The van der Waals surface area contributed by atoms with E-state index in [1.165, 1.54) is 50.6 Å². The van der Waals surface area contributed by atoms with E-state index in [9.17, 15) is 19.1 Å². The molecule has 144 valence electrons. The molecule has 9 heteroatoms. The van der Waals surface area contributed by atoms with Crippen LogP contribution in [0.4, 0.5) is 10.1 Å². The fourth-order valence-electron chi connectivity index (χ4n) is 2.54. The molecule has 0 bridgehead atoms. The maximum absolute atomic E-state index is 13.0. The lowest BCUT2D eigenvalue weighted by Crippen LogP contribution is -2.19. The van der Waals surface area contributed by atoms with Gasteiger partial charge in [0.25, 0.3) is 5.91 Å². The van der Waals surface area contributed by atoms with Gasteiger partial charge in [-0.2, -0.15) is 0 Å². The number of amidine groups is 1. The summed E-state index contributed by atoms with van der Waals surface area (Å²) in [6, 6.07) is 8.57. The number of thioether (sulfide) groups is 1. The number of amides is 1. The van der Waals surface area contributed by atoms with Gasteiger partial charge in [-0.1, -0.05) is 6.07 Å². The maximum atomic E-state index is 13.0. The number of carbonyl (C=O) groups is 2. The standard InChI is InChI=1S/C19H15FN2O5S/c1-26-13-8-3-10(15(18(24)25)16(13)27-2)9-14-17(23)22-19(28-14)21-12-6-4-11(20)5-7-12/h3-9H,1-2H3,(H,24,25)(H,21,22,23)/b14-9+. The summed E-state index contributed by atoms with van der Waals surface area (Å²) < 4.78 is 23.3. The molecule has 0 aliphatic carbocycles. The number of benzene rings is 2. The molecule has 1 amide bonds. The van der Waals surface area contributed by atoms with Gasteiger partial charge in [0, 0.05) is 0 Å². The normalized spacial score (nSPS) is 16.3. The summed E-state index contributed by atoms with van der Waals surface area (Å²) in [7, 11) is 2.74. The smallest absolute Gasteiger partial charge is 0.340 e. The zero-order valence-corrected chi connectivity index (χ0v) is 15.7. The van der Waals surface area contributed by atoms with Gasteiger partial charge < -0.3 is 19.9 Å². The predicted molar refractivity (Wildman–Crippen MR) is 104 cm³/mol. The van der Waals surface area contributed by atoms with Crippen LogP contribution in [0.3, 0.4) is 0 Å². The number of aromatic carboxylic acids is 1. The second-order valence-corrected chi connectivity index (χ2v) is 6.56. The van der Waals surface area contributed by atoms with Gasteiger partial charge in [0.2, 0.25) is 0 Å². The molecule has 1 aliphatic rings. The van der Waals surface area contributed by atoms with E-state index >= 15 is 0 Å². The molecule has 28 heavy (non-hydrogen) atoms. The number of nitrogens with one attached hydrogen (secondary N) is 1. The Kier molecular flexibility index (Phi) is 5.65. The second-order valence-electron chi connectivity index (χ2n) is 5.53. The molecule has 1 saturated heterocycles. The molecule has 7 nitrogen and oxygen atoms in total. The molecule has 1 fully saturated rings. The molecule has 0 radical (unpaired) electrons. The molecule has 1 heterocycles. The Balaban J connectivity index is 1.97. The molecular weight excluding hydrogens is 387 g/mol. The molecule has 3 rings (SSSR count). The zero-order chi connectivity index (χ0) is 20.3. The molecule has 2 N–H and O–H groups in total. The Morgan fingerprint density at radius 3 is 2.50 bits per heavy atom. The lowest BCUT2D eigenvalue weighted by atomic mass is 10.0. The van der Waals surface area contributed by atoms with Crippen molar-refractivity contribution in [2.24, 2.45) is 4.99 Å². The third-order valence-electron chi connectivity index (χ3n) is 3.79. The number of carboxylic acid groups (broad SMARTS) is 1. The molecule has 0 spiro atoms. The maximum Gasteiger partial charge on any atom is 0.340 e. The van der Waals surface area contributed by atoms with Gasteiger partial charge in [0.1, 0.15) is 11.4 Å². The van der Waals surface area contributed by atoms with E-state index in [0.29, 0.717) is 10.9 Å². The van der Waals surface area contributed by atoms with Crippen molar-refractivity contribution in [1.29, 1.82) is 0 Å². The summed E-state index contributed by atoms with van der Waals surface area (Å²) in [5.74, 6) is -1.69. The summed E-state index contributed by atoms with van der Waals surface area (Å²) in [6.45, 7) is 0. The monoisotopic (exact) mass is 402 g/mol. The van der Waals surface area contributed by atoms with Gasteiger partial charge in [0.05, 0.1) is 24.8 Å². The topological polar surface area (TPSA) is 97.2 Å². The van der Waals surface area contributed by atoms with E-state index < -0.39 is 11.9 Å². The zero-order valence-electron chi connectivity index (χ0n) is 14.9. The van der Waals surface area contributed by atoms with Gasteiger partial charge >= 0.3 is 5.97 Å². The molecule has 0 unspecified atom stereocenters. The van der Waals surface area contributed by atoms with Crippen molar-refractivity contribution in [2.75, 3.05) is 14.2 Å². The van der Waals surface area contributed by atoms with E-state index in [1.54, 1.807) is 6.07 Å². The molecule has 2 aromatic rings. The Hall–Kier alpha value is -3.33. The lowest BCUT2D eigenvalue weighted by Gasteiger charge is -2.12. The molecule has 0 atom stereocenters. The summed E-state index contributed by atoms with van der Waals surface area (Å²) in [5, 5.41) is 12.5. The van der Waals surface area contributed by atoms with Crippen LogP contribution in [0, 0.1) is 5.82 Å². The largest absolute Gasteiger partial charge is 0.493 e. The van der Waals surface area contributed by atoms with Crippen molar-refractivity contribution < 1.29 is 28.6 Å². The number of carboxylic acids is 1. The van der Waals surface area contributed by atoms with E-state index in [0.717, 1.165) is 11.8 Å². The Labute approximate surface area is 163 Å².